The zero-order chi connectivity index (χ0) is 25.9. The molecule has 0 saturated carbocycles. The number of aliphatic carboxylic acids is 1. The van der Waals surface area contributed by atoms with Crippen LogP contribution in [-0.4, -0.2) is 58.5 Å². The summed E-state index contributed by atoms with van der Waals surface area (Å²) in [5.41, 5.74) is 0.903. The highest BCUT2D eigenvalue weighted by molar-refractivity contribution is 7.91. The Morgan fingerprint density at radius 2 is 1.78 bits per heavy atom. The van der Waals surface area contributed by atoms with Crippen molar-refractivity contribution in [3.05, 3.63) is 66.5 Å². The monoisotopic (exact) mass is 531 g/mol. The maximum atomic E-state index is 13.7. The number of hydrogen-bond acceptors (Lipinski definition) is 9. The van der Waals surface area contributed by atoms with Crippen LogP contribution in [0.1, 0.15) is 5.69 Å². The fraction of sp³-hybridized carbons (Fsp3) is 0.174. The van der Waals surface area contributed by atoms with Crippen LogP contribution >= 0.6 is 0 Å². The van der Waals surface area contributed by atoms with Crippen molar-refractivity contribution in [2.75, 3.05) is 20.8 Å². The van der Waals surface area contributed by atoms with Crippen molar-refractivity contribution < 1.29 is 36.7 Å². The molecule has 0 spiro atoms. The lowest BCUT2D eigenvalue weighted by atomic mass is 10.3. The van der Waals surface area contributed by atoms with Gasteiger partial charge in [-0.05, 0) is 36.4 Å². The Balaban J connectivity index is 1.77. The molecule has 0 amide bonds. The number of pyridine rings is 1. The van der Waals surface area contributed by atoms with Crippen LogP contribution in [0.2, 0.25) is 0 Å². The number of ether oxygens (including phenoxy) is 3. The molecule has 0 aliphatic rings. The van der Waals surface area contributed by atoms with E-state index >= 15 is 0 Å². The molecular formula is C23H21N3O8S2. The number of imidazole rings is 1. The summed E-state index contributed by atoms with van der Waals surface area (Å²) in [5.74, 6) is -0.472. The maximum absolute atomic E-state index is 13.7. The molecule has 0 aliphatic carbocycles. The lowest BCUT2D eigenvalue weighted by Gasteiger charge is -2.13. The van der Waals surface area contributed by atoms with Gasteiger partial charge < -0.3 is 19.3 Å². The van der Waals surface area contributed by atoms with Gasteiger partial charge in [0.15, 0.2) is 18.1 Å². The summed E-state index contributed by atoms with van der Waals surface area (Å²) in [6.07, 6.45) is 1.47. The third-order valence-electron chi connectivity index (χ3n) is 5.05. The van der Waals surface area contributed by atoms with Gasteiger partial charge in [0.25, 0.3) is 10.0 Å². The molecule has 2 aromatic carbocycles. The molecule has 1 atom stereocenters. The van der Waals surface area contributed by atoms with Crippen LogP contribution in [0.15, 0.2) is 70.8 Å². The molecule has 1 N–H and O–H groups in total. The fourth-order valence-electron chi connectivity index (χ4n) is 3.46. The number of para-hydroxylation sites is 2. The minimum atomic E-state index is -4.25. The van der Waals surface area contributed by atoms with Crippen LogP contribution in [-0.2, 0) is 31.4 Å². The van der Waals surface area contributed by atoms with Crippen molar-refractivity contribution in [2.24, 2.45) is 0 Å². The molecule has 0 fully saturated rings. The summed E-state index contributed by atoms with van der Waals surface area (Å²) < 4.78 is 57.5. The van der Waals surface area contributed by atoms with E-state index in [1.807, 2.05) is 0 Å². The number of rotatable bonds is 10. The number of carbonyl (C=O) groups is 1. The standard InChI is InChI=1S/C23H21N3O8S2/c1-32-20-11-12-24-18(22(20)33-2)14-35(29)23-25-17-5-3-4-6-19(17)26(23)36(30,31)16-9-7-15(8-10-16)34-13-21(27)28/h3-12H,13-14H2,1-2H3,(H,27,28). The Labute approximate surface area is 208 Å². The lowest BCUT2D eigenvalue weighted by Crippen LogP contribution is -2.18. The van der Waals surface area contributed by atoms with Crippen molar-refractivity contribution in [3.63, 3.8) is 0 Å². The number of nitrogens with zero attached hydrogens (tertiary/aromatic N) is 3. The molecule has 4 rings (SSSR count). The molecule has 13 heteroatoms. The summed E-state index contributed by atoms with van der Waals surface area (Å²) in [6.45, 7) is -0.566. The first-order valence-corrected chi connectivity index (χ1v) is 13.1. The predicted octanol–water partition coefficient (Wildman–Crippen LogP) is 2.46. The second-order valence-corrected chi connectivity index (χ2v) is 10.4. The van der Waals surface area contributed by atoms with Gasteiger partial charge in [0, 0.05) is 12.3 Å². The number of carboxylic acid groups (broad SMARTS) is 1. The first kappa shape index (κ1) is 25.1. The molecule has 2 heterocycles. The second-order valence-electron chi connectivity index (χ2n) is 7.29. The van der Waals surface area contributed by atoms with E-state index in [4.69, 9.17) is 19.3 Å². The van der Waals surface area contributed by atoms with Gasteiger partial charge in [-0.1, -0.05) is 12.1 Å². The minimum absolute atomic E-state index is 0.122. The number of carboxylic acids is 1. The summed E-state index contributed by atoms with van der Waals surface area (Å²) in [6, 6.07) is 13.4. The number of fused-ring (bicyclic) bond motifs is 1. The number of hydrogen-bond donors (Lipinski definition) is 1. The van der Waals surface area contributed by atoms with Gasteiger partial charge in [-0.3, -0.25) is 9.19 Å². The summed E-state index contributed by atoms with van der Waals surface area (Å²) in [7, 11) is -3.32. The lowest BCUT2D eigenvalue weighted by molar-refractivity contribution is -0.139. The largest absolute Gasteiger partial charge is 0.493 e. The van der Waals surface area contributed by atoms with Crippen LogP contribution in [0.25, 0.3) is 11.0 Å². The zero-order valence-electron chi connectivity index (χ0n) is 19.2. The Kier molecular flexibility index (Phi) is 7.22. The summed E-state index contributed by atoms with van der Waals surface area (Å²) in [4.78, 5) is 19.2. The van der Waals surface area contributed by atoms with E-state index in [2.05, 4.69) is 9.97 Å². The Morgan fingerprint density at radius 3 is 2.44 bits per heavy atom. The molecule has 0 aliphatic heterocycles. The van der Waals surface area contributed by atoms with Gasteiger partial charge in [-0.2, -0.15) is 0 Å². The Morgan fingerprint density at radius 1 is 1.06 bits per heavy atom. The maximum Gasteiger partial charge on any atom is 0.341 e. The van der Waals surface area contributed by atoms with Crippen molar-refractivity contribution in [3.8, 4) is 17.2 Å². The smallest absolute Gasteiger partial charge is 0.341 e. The average molecular weight is 532 g/mol. The molecule has 1 unspecified atom stereocenters. The molecule has 4 aromatic rings. The van der Waals surface area contributed by atoms with E-state index in [1.165, 1.54) is 44.7 Å². The predicted molar refractivity (Wildman–Crippen MR) is 129 cm³/mol. The first-order chi connectivity index (χ1) is 17.3. The fourth-order valence-corrected chi connectivity index (χ4v) is 6.42. The highest BCUT2D eigenvalue weighted by Gasteiger charge is 2.28. The van der Waals surface area contributed by atoms with E-state index in [0.717, 1.165) is 3.97 Å². The van der Waals surface area contributed by atoms with Gasteiger partial charge in [-0.25, -0.2) is 22.2 Å². The molecule has 188 valence electrons. The van der Waals surface area contributed by atoms with Gasteiger partial charge in [-0.15, -0.1) is 0 Å². The molecule has 0 saturated heterocycles. The second kappa shape index (κ2) is 10.3. The molecule has 0 bridgehead atoms. The minimum Gasteiger partial charge on any atom is -0.493 e. The molecule has 2 aromatic heterocycles. The van der Waals surface area contributed by atoms with E-state index in [9.17, 15) is 17.4 Å². The SMILES string of the molecule is COc1ccnc(CS(=O)c2nc3ccccc3n2S(=O)(=O)c2ccc(OCC(=O)O)cc2)c1OC. The Bertz CT molecular complexity index is 1550. The van der Waals surface area contributed by atoms with Crippen LogP contribution in [0.4, 0.5) is 0 Å². The van der Waals surface area contributed by atoms with Crippen molar-refractivity contribution in [1.29, 1.82) is 0 Å². The number of aromatic nitrogens is 3. The van der Waals surface area contributed by atoms with Gasteiger partial charge in [0.2, 0.25) is 5.16 Å². The summed E-state index contributed by atoms with van der Waals surface area (Å²) >= 11 is 0. The Hall–Kier alpha value is -3.97. The zero-order valence-corrected chi connectivity index (χ0v) is 20.8. The quantitative estimate of drug-likeness (QED) is 0.324. The van der Waals surface area contributed by atoms with E-state index in [0.29, 0.717) is 17.0 Å². The van der Waals surface area contributed by atoms with Crippen LogP contribution in [0, 0.1) is 0 Å². The van der Waals surface area contributed by atoms with E-state index in [1.54, 1.807) is 30.3 Å². The van der Waals surface area contributed by atoms with Crippen LogP contribution in [0.3, 0.4) is 0 Å². The van der Waals surface area contributed by atoms with E-state index in [-0.39, 0.29) is 32.8 Å². The van der Waals surface area contributed by atoms with Gasteiger partial charge in [0.05, 0.1) is 52.4 Å². The van der Waals surface area contributed by atoms with Gasteiger partial charge in [0.1, 0.15) is 5.75 Å². The highest BCUT2D eigenvalue weighted by atomic mass is 32.2. The third kappa shape index (κ3) is 4.88. The highest BCUT2D eigenvalue weighted by Crippen LogP contribution is 2.32. The van der Waals surface area contributed by atoms with E-state index < -0.39 is 33.4 Å². The van der Waals surface area contributed by atoms with Crippen LogP contribution in [0.5, 0.6) is 17.2 Å². The molecule has 36 heavy (non-hydrogen) atoms. The number of methoxy groups -OCH3 is 2. The first-order valence-electron chi connectivity index (χ1n) is 10.4. The van der Waals surface area contributed by atoms with Crippen molar-refractivity contribution in [2.45, 2.75) is 15.8 Å². The summed E-state index contributed by atoms with van der Waals surface area (Å²) in [5, 5.41) is 8.57. The van der Waals surface area contributed by atoms with Crippen LogP contribution < -0.4 is 14.2 Å². The van der Waals surface area contributed by atoms with Crippen molar-refractivity contribution >= 4 is 37.8 Å². The van der Waals surface area contributed by atoms with Gasteiger partial charge >= 0.3 is 5.97 Å². The molecule has 11 nitrogen and oxygen atoms in total. The van der Waals surface area contributed by atoms with Crippen molar-refractivity contribution in [1.82, 2.24) is 13.9 Å². The normalized spacial score (nSPS) is 12.3. The topological polar surface area (TPSA) is 147 Å². The molecule has 0 radical (unpaired) electrons. The molecular weight excluding hydrogens is 510 g/mol. The third-order valence-corrected chi connectivity index (χ3v) is 8.10. The number of benzene rings is 2. The average Bonchev–Trinajstić information content (AvgIpc) is 3.28.